The Kier molecular flexibility index (Phi) is 3.94. The highest BCUT2D eigenvalue weighted by molar-refractivity contribution is 9.10. The lowest BCUT2D eigenvalue weighted by atomic mass is 10.3. The summed E-state index contributed by atoms with van der Waals surface area (Å²) in [6.07, 6.45) is 2.28. The number of rotatable bonds is 4. The van der Waals surface area contributed by atoms with Crippen molar-refractivity contribution in [3.8, 4) is 17.4 Å². The first-order valence-electron chi connectivity index (χ1n) is 5.16. The standard InChI is InChI=1S/C13H10BrNO3/c1-17-10-4-5-12(11(14)7-10)18-13-9(8-16)3-2-6-15-13/h2-8H,1H3. The van der Waals surface area contributed by atoms with Crippen molar-refractivity contribution in [2.24, 2.45) is 0 Å². The Bertz CT molecular complexity index is 572. The highest BCUT2D eigenvalue weighted by Gasteiger charge is 2.08. The molecule has 1 aromatic heterocycles. The van der Waals surface area contributed by atoms with Gasteiger partial charge >= 0.3 is 0 Å². The van der Waals surface area contributed by atoms with Crippen LogP contribution in [-0.2, 0) is 0 Å². The molecule has 1 aromatic carbocycles. The van der Waals surface area contributed by atoms with E-state index < -0.39 is 0 Å². The van der Waals surface area contributed by atoms with Gasteiger partial charge in [0.2, 0.25) is 5.88 Å². The number of carbonyl (C=O) groups is 1. The summed E-state index contributed by atoms with van der Waals surface area (Å²) in [5.41, 5.74) is 0.403. The molecule has 0 aliphatic carbocycles. The molecule has 92 valence electrons. The zero-order valence-electron chi connectivity index (χ0n) is 9.59. The Morgan fingerprint density at radius 3 is 2.83 bits per heavy atom. The summed E-state index contributed by atoms with van der Waals surface area (Å²) in [5, 5.41) is 0. The molecule has 0 N–H and O–H groups in total. The summed E-state index contributed by atoms with van der Waals surface area (Å²) < 4.78 is 11.4. The van der Waals surface area contributed by atoms with Gasteiger partial charge in [-0.05, 0) is 46.3 Å². The van der Waals surface area contributed by atoms with Crippen molar-refractivity contribution in [3.63, 3.8) is 0 Å². The molecule has 0 saturated heterocycles. The third-order valence-corrected chi connectivity index (χ3v) is 2.89. The van der Waals surface area contributed by atoms with Crippen LogP contribution in [0.25, 0.3) is 0 Å². The van der Waals surface area contributed by atoms with Crippen LogP contribution in [-0.4, -0.2) is 18.4 Å². The fourth-order valence-corrected chi connectivity index (χ4v) is 1.81. The Labute approximate surface area is 113 Å². The number of methoxy groups -OCH3 is 1. The van der Waals surface area contributed by atoms with Gasteiger partial charge in [-0.2, -0.15) is 0 Å². The summed E-state index contributed by atoms with van der Waals surface area (Å²) >= 11 is 3.37. The first-order valence-corrected chi connectivity index (χ1v) is 5.95. The first kappa shape index (κ1) is 12.6. The van der Waals surface area contributed by atoms with Crippen molar-refractivity contribution in [1.82, 2.24) is 4.98 Å². The van der Waals surface area contributed by atoms with Crippen molar-refractivity contribution >= 4 is 22.2 Å². The van der Waals surface area contributed by atoms with Gasteiger partial charge in [0.25, 0.3) is 0 Å². The number of hydrogen-bond acceptors (Lipinski definition) is 4. The molecule has 0 unspecified atom stereocenters. The molecule has 0 amide bonds. The molecule has 1 heterocycles. The predicted molar refractivity (Wildman–Crippen MR) is 70.4 cm³/mol. The number of hydrogen-bond donors (Lipinski definition) is 0. The number of halogens is 1. The van der Waals surface area contributed by atoms with Crippen LogP contribution in [0.1, 0.15) is 10.4 Å². The quantitative estimate of drug-likeness (QED) is 0.812. The SMILES string of the molecule is COc1ccc(Oc2ncccc2C=O)c(Br)c1. The van der Waals surface area contributed by atoms with Gasteiger partial charge in [0.1, 0.15) is 11.5 Å². The van der Waals surface area contributed by atoms with Crippen LogP contribution in [0.15, 0.2) is 41.0 Å². The van der Waals surface area contributed by atoms with Crippen LogP contribution >= 0.6 is 15.9 Å². The smallest absolute Gasteiger partial charge is 0.229 e. The summed E-state index contributed by atoms with van der Waals surface area (Å²) in [5.74, 6) is 1.56. The molecule has 0 spiro atoms. The fraction of sp³-hybridized carbons (Fsp3) is 0.0769. The summed E-state index contributed by atoms with van der Waals surface area (Å²) in [4.78, 5) is 14.9. The second-order valence-corrected chi connectivity index (χ2v) is 4.27. The molecule has 0 aliphatic heterocycles. The van der Waals surface area contributed by atoms with E-state index in [0.29, 0.717) is 23.3 Å². The van der Waals surface area contributed by atoms with Crippen molar-refractivity contribution in [2.45, 2.75) is 0 Å². The molecule has 0 fully saturated rings. The van der Waals surface area contributed by atoms with Crippen LogP contribution in [0.3, 0.4) is 0 Å². The highest BCUT2D eigenvalue weighted by Crippen LogP contribution is 2.32. The Morgan fingerprint density at radius 2 is 2.17 bits per heavy atom. The Balaban J connectivity index is 2.31. The van der Waals surface area contributed by atoms with Crippen LogP contribution in [0.2, 0.25) is 0 Å². The number of aromatic nitrogens is 1. The van der Waals surface area contributed by atoms with E-state index in [9.17, 15) is 4.79 Å². The average molecular weight is 308 g/mol. The van der Waals surface area contributed by atoms with E-state index >= 15 is 0 Å². The zero-order chi connectivity index (χ0) is 13.0. The monoisotopic (exact) mass is 307 g/mol. The molecule has 0 radical (unpaired) electrons. The molecule has 5 heteroatoms. The van der Waals surface area contributed by atoms with E-state index in [2.05, 4.69) is 20.9 Å². The third kappa shape index (κ3) is 2.68. The molecule has 2 aromatic rings. The van der Waals surface area contributed by atoms with Gasteiger partial charge in [-0.25, -0.2) is 4.98 Å². The minimum absolute atomic E-state index is 0.276. The van der Waals surface area contributed by atoms with Crippen molar-refractivity contribution in [2.75, 3.05) is 7.11 Å². The van der Waals surface area contributed by atoms with Gasteiger partial charge < -0.3 is 9.47 Å². The lowest BCUT2D eigenvalue weighted by Crippen LogP contribution is -1.94. The van der Waals surface area contributed by atoms with Crippen molar-refractivity contribution in [1.29, 1.82) is 0 Å². The predicted octanol–water partition coefficient (Wildman–Crippen LogP) is 3.46. The number of ether oxygens (including phenoxy) is 2. The number of pyridine rings is 1. The lowest BCUT2D eigenvalue weighted by molar-refractivity contribution is 0.112. The maximum absolute atomic E-state index is 10.9. The summed E-state index contributed by atoms with van der Waals surface area (Å²) in [6, 6.07) is 8.61. The second kappa shape index (κ2) is 5.64. The van der Waals surface area contributed by atoms with E-state index in [1.54, 1.807) is 43.6 Å². The maximum Gasteiger partial charge on any atom is 0.229 e. The minimum atomic E-state index is 0.276. The molecule has 2 rings (SSSR count). The second-order valence-electron chi connectivity index (χ2n) is 3.41. The first-order chi connectivity index (χ1) is 8.74. The summed E-state index contributed by atoms with van der Waals surface area (Å²) in [6.45, 7) is 0. The molecule has 4 nitrogen and oxygen atoms in total. The number of nitrogens with zero attached hydrogens (tertiary/aromatic N) is 1. The van der Waals surface area contributed by atoms with E-state index in [1.807, 2.05) is 0 Å². The highest BCUT2D eigenvalue weighted by atomic mass is 79.9. The van der Waals surface area contributed by atoms with Gasteiger partial charge in [-0.3, -0.25) is 4.79 Å². The van der Waals surface area contributed by atoms with Gasteiger partial charge in [0.05, 0.1) is 17.1 Å². The fourth-order valence-electron chi connectivity index (χ4n) is 1.37. The van der Waals surface area contributed by atoms with E-state index in [0.717, 1.165) is 4.47 Å². The number of carbonyl (C=O) groups excluding carboxylic acids is 1. The molecule has 0 aliphatic rings. The van der Waals surface area contributed by atoms with Crippen molar-refractivity contribution < 1.29 is 14.3 Å². The molecule has 18 heavy (non-hydrogen) atoms. The van der Waals surface area contributed by atoms with Gasteiger partial charge in [-0.1, -0.05) is 0 Å². The molecular weight excluding hydrogens is 298 g/mol. The zero-order valence-corrected chi connectivity index (χ0v) is 11.2. The molecule has 0 bridgehead atoms. The molecule has 0 saturated carbocycles. The normalized spacial score (nSPS) is 9.89. The number of aldehydes is 1. The maximum atomic E-state index is 10.9. The van der Waals surface area contributed by atoms with Crippen LogP contribution in [0.5, 0.6) is 17.4 Å². The summed E-state index contributed by atoms with van der Waals surface area (Å²) in [7, 11) is 1.59. The van der Waals surface area contributed by atoms with E-state index in [1.165, 1.54) is 0 Å². The lowest BCUT2D eigenvalue weighted by Gasteiger charge is -2.09. The third-order valence-electron chi connectivity index (χ3n) is 2.27. The minimum Gasteiger partial charge on any atom is -0.497 e. The van der Waals surface area contributed by atoms with Crippen molar-refractivity contribution in [3.05, 3.63) is 46.6 Å². The molecule has 0 atom stereocenters. The van der Waals surface area contributed by atoms with Crippen LogP contribution < -0.4 is 9.47 Å². The van der Waals surface area contributed by atoms with E-state index in [-0.39, 0.29) is 5.88 Å². The van der Waals surface area contributed by atoms with E-state index in [4.69, 9.17) is 9.47 Å². The Hall–Kier alpha value is -1.88. The van der Waals surface area contributed by atoms with Gasteiger partial charge in [0.15, 0.2) is 6.29 Å². The molecular formula is C13H10BrNO3. The van der Waals surface area contributed by atoms with Gasteiger partial charge in [-0.15, -0.1) is 0 Å². The largest absolute Gasteiger partial charge is 0.497 e. The van der Waals surface area contributed by atoms with Gasteiger partial charge in [0, 0.05) is 6.20 Å². The van der Waals surface area contributed by atoms with Crippen LogP contribution in [0.4, 0.5) is 0 Å². The topological polar surface area (TPSA) is 48.4 Å². The Morgan fingerprint density at radius 1 is 1.33 bits per heavy atom. The average Bonchev–Trinajstić information content (AvgIpc) is 2.41. The number of benzene rings is 1. The van der Waals surface area contributed by atoms with Crippen LogP contribution in [0, 0.1) is 0 Å².